The van der Waals surface area contributed by atoms with Crippen LogP contribution < -0.4 is 4.74 Å². The van der Waals surface area contributed by atoms with Crippen LogP contribution in [0.4, 0.5) is 0 Å². The van der Waals surface area contributed by atoms with Crippen molar-refractivity contribution in [2.75, 3.05) is 20.3 Å². The number of benzene rings is 1. The molecule has 0 spiro atoms. The molecule has 0 unspecified atom stereocenters. The Balaban J connectivity index is 1.64. The molecule has 33 heavy (non-hydrogen) atoms. The van der Waals surface area contributed by atoms with Gasteiger partial charge in [-0.1, -0.05) is 6.07 Å². The largest absolute Gasteiger partial charge is 0.504 e. The highest BCUT2D eigenvalue weighted by atomic mass is 16.7. The van der Waals surface area contributed by atoms with Crippen molar-refractivity contribution >= 4 is 0 Å². The van der Waals surface area contributed by atoms with Crippen LogP contribution in [0.5, 0.6) is 11.5 Å². The summed E-state index contributed by atoms with van der Waals surface area (Å²) in [6.07, 6.45) is -13.5. The molecule has 7 N–H and O–H groups in total. The van der Waals surface area contributed by atoms with Crippen molar-refractivity contribution in [1.29, 1.82) is 0 Å². The van der Waals surface area contributed by atoms with Gasteiger partial charge in [0.2, 0.25) is 0 Å². The maximum absolute atomic E-state index is 10.7. The fourth-order valence-electron chi connectivity index (χ4n) is 3.82. The van der Waals surface area contributed by atoms with Gasteiger partial charge in [0, 0.05) is 0 Å². The van der Waals surface area contributed by atoms with E-state index in [1.807, 2.05) is 0 Å². The van der Waals surface area contributed by atoms with Crippen LogP contribution in [-0.4, -0.2) is 117 Å². The molecule has 3 rings (SSSR count). The van der Waals surface area contributed by atoms with E-state index in [2.05, 4.69) is 0 Å². The third-order valence-electron chi connectivity index (χ3n) is 5.84. The van der Waals surface area contributed by atoms with Crippen LogP contribution in [0.15, 0.2) is 18.2 Å². The first-order chi connectivity index (χ1) is 15.7. The van der Waals surface area contributed by atoms with E-state index in [4.69, 9.17) is 23.7 Å². The van der Waals surface area contributed by atoms with Gasteiger partial charge < -0.3 is 59.4 Å². The van der Waals surface area contributed by atoms with Crippen molar-refractivity contribution in [2.45, 2.75) is 74.8 Å². The predicted octanol–water partition coefficient (Wildman–Crippen LogP) is -2.39. The molecule has 2 saturated heterocycles. The van der Waals surface area contributed by atoms with Crippen molar-refractivity contribution in [1.82, 2.24) is 0 Å². The SMILES string of the molecule is COc1ccc(CCO[C@@H]2O[C@H](CO)[C@@H](O)[C@H](O[C@@H]3O[C@@H](C)[C@H](O)[C@@H](O)[C@H]3O)[C@H]2O)cc1O. The molecule has 1 aromatic carbocycles. The van der Waals surface area contributed by atoms with Crippen LogP contribution in [0.1, 0.15) is 12.5 Å². The van der Waals surface area contributed by atoms with Gasteiger partial charge in [-0.3, -0.25) is 0 Å². The predicted molar refractivity (Wildman–Crippen MR) is 109 cm³/mol. The van der Waals surface area contributed by atoms with Gasteiger partial charge in [0.05, 0.1) is 26.4 Å². The molecule has 12 heteroatoms. The van der Waals surface area contributed by atoms with E-state index < -0.39 is 68.0 Å². The van der Waals surface area contributed by atoms with Crippen LogP contribution >= 0.6 is 0 Å². The van der Waals surface area contributed by atoms with Gasteiger partial charge >= 0.3 is 0 Å². The van der Waals surface area contributed by atoms with E-state index in [1.54, 1.807) is 12.1 Å². The van der Waals surface area contributed by atoms with Crippen molar-refractivity contribution < 1.29 is 59.4 Å². The topological polar surface area (TPSA) is 188 Å². The number of ether oxygens (including phenoxy) is 5. The van der Waals surface area contributed by atoms with Crippen LogP contribution in [0.3, 0.4) is 0 Å². The second kappa shape index (κ2) is 11.2. The minimum absolute atomic E-state index is 0.0338. The number of aliphatic hydroxyl groups is 6. The Bertz CT molecular complexity index is 763. The van der Waals surface area contributed by atoms with Crippen molar-refractivity contribution in [3.05, 3.63) is 23.8 Å². The third-order valence-corrected chi connectivity index (χ3v) is 5.84. The Morgan fingerprint density at radius 1 is 0.909 bits per heavy atom. The average molecular weight is 476 g/mol. The minimum Gasteiger partial charge on any atom is -0.504 e. The Morgan fingerprint density at radius 3 is 2.27 bits per heavy atom. The highest BCUT2D eigenvalue weighted by Gasteiger charge is 2.50. The molecule has 1 aromatic rings. The van der Waals surface area contributed by atoms with E-state index in [0.717, 1.165) is 5.56 Å². The quantitative estimate of drug-likeness (QED) is 0.211. The molecule has 0 bridgehead atoms. The summed E-state index contributed by atoms with van der Waals surface area (Å²) in [4.78, 5) is 0. The lowest BCUT2D eigenvalue weighted by Gasteiger charge is -2.45. The standard InChI is InChI=1S/C21H32O12/c1-9-14(24)16(26)17(27)21(31-9)33-19-15(25)13(8-22)32-20(18(19)28)30-6-5-10-3-4-12(29-2)11(23)7-10/h3-4,7,9,13-28H,5-6,8H2,1-2H3/t9-,13+,14-,15+,16+,17+,18+,19-,20+,21-/m0/s1. The number of methoxy groups -OCH3 is 1. The maximum Gasteiger partial charge on any atom is 0.187 e. The van der Waals surface area contributed by atoms with Crippen LogP contribution in [-0.2, 0) is 25.4 Å². The first-order valence-corrected chi connectivity index (χ1v) is 10.6. The molecule has 0 radical (unpaired) electrons. The summed E-state index contributed by atoms with van der Waals surface area (Å²) in [6, 6.07) is 4.84. The number of aromatic hydroxyl groups is 1. The van der Waals surface area contributed by atoms with E-state index in [9.17, 15) is 35.7 Å². The van der Waals surface area contributed by atoms with E-state index in [-0.39, 0.29) is 12.4 Å². The van der Waals surface area contributed by atoms with Gasteiger partial charge in [-0.25, -0.2) is 0 Å². The van der Waals surface area contributed by atoms with E-state index in [0.29, 0.717) is 12.2 Å². The Hall–Kier alpha value is -1.58. The highest BCUT2D eigenvalue weighted by molar-refractivity contribution is 5.41. The zero-order valence-corrected chi connectivity index (χ0v) is 18.3. The molecular formula is C21H32O12. The number of phenols is 1. The fraction of sp³-hybridized carbons (Fsp3) is 0.714. The van der Waals surface area contributed by atoms with E-state index >= 15 is 0 Å². The zero-order valence-electron chi connectivity index (χ0n) is 18.3. The first-order valence-electron chi connectivity index (χ1n) is 10.6. The molecule has 0 amide bonds. The molecule has 2 heterocycles. The molecule has 0 aliphatic carbocycles. The summed E-state index contributed by atoms with van der Waals surface area (Å²) in [7, 11) is 1.44. The zero-order chi connectivity index (χ0) is 24.3. The average Bonchev–Trinajstić information content (AvgIpc) is 2.80. The molecule has 12 nitrogen and oxygen atoms in total. The van der Waals surface area contributed by atoms with Gasteiger partial charge in [0.15, 0.2) is 24.1 Å². The lowest BCUT2D eigenvalue weighted by atomic mass is 9.97. The van der Waals surface area contributed by atoms with Crippen LogP contribution in [0, 0.1) is 0 Å². The minimum atomic E-state index is -1.65. The number of aliphatic hydroxyl groups excluding tert-OH is 6. The molecule has 0 aromatic heterocycles. The number of hydrogen-bond donors (Lipinski definition) is 7. The Kier molecular flexibility index (Phi) is 8.86. The lowest BCUT2D eigenvalue weighted by molar-refractivity contribution is -0.357. The second-order valence-corrected chi connectivity index (χ2v) is 8.12. The monoisotopic (exact) mass is 476 g/mol. The summed E-state index contributed by atoms with van der Waals surface area (Å²) in [5.41, 5.74) is 0.727. The number of rotatable bonds is 8. The van der Waals surface area contributed by atoms with Crippen molar-refractivity contribution in [2.24, 2.45) is 0 Å². The van der Waals surface area contributed by atoms with Crippen LogP contribution in [0.25, 0.3) is 0 Å². The fourth-order valence-corrected chi connectivity index (χ4v) is 3.82. The molecule has 10 atom stereocenters. The summed E-state index contributed by atoms with van der Waals surface area (Å²) >= 11 is 0. The summed E-state index contributed by atoms with van der Waals surface area (Å²) < 4.78 is 27.0. The molecular weight excluding hydrogens is 444 g/mol. The molecule has 2 aliphatic heterocycles. The molecule has 2 fully saturated rings. The Morgan fingerprint density at radius 2 is 1.64 bits per heavy atom. The van der Waals surface area contributed by atoms with Crippen LogP contribution in [0.2, 0.25) is 0 Å². The second-order valence-electron chi connectivity index (χ2n) is 8.12. The summed E-state index contributed by atoms with van der Waals surface area (Å²) in [5.74, 6) is 0.290. The maximum atomic E-state index is 10.7. The van der Waals surface area contributed by atoms with Crippen molar-refractivity contribution in [3.8, 4) is 11.5 Å². The lowest BCUT2D eigenvalue weighted by Crippen LogP contribution is -2.64. The van der Waals surface area contributed by atoms with Gasteiger partial charge in [-0.15, -0.1) is 0 Å². The molecule has 2 aliphatic rings. The van der Waals surface area contributed by atoms with Crippen molar-refractivity contribution in [3.63, 3.8) is 0 Å². The first kappa shape index (κ1) is 26.0. The molecule has 188 valence electrons. The van der Waals surface area contributed by atoms with Gasteiger partial charge in [-0.2, -0.15) is 0 Å². The third kappa shape index (κ3) is 5.74. The smallest absolute Gasteiger partial charge is 0.187 e. The normalized spacial score (nSPS) is 39.4. The Labute approximate surface area is 190 Å². The van der Waals surface area contributed by atoms with Gasteiger partial charge in [0.1, 0.15) is 42.7 Å². The van der Waals surface area contributed by atoms with Gasteiger partial charge in [0.25, 0.3) is 0 Å². The van der Waals surface area contributed by atoms with E-state index in [1.165, 1.54) is 20.1 Å². The number of phenolic OH excluding ortho intramolecular Hbond substituents is 1. The number of hydrogen-bond acceptors (Lipinski definition) is 12. The summed E-state index contributed by atoms with van der Waals surface area (Å²) in [5, 5.41) is 70.6. The summed E-state index contributed by atoms with van der Waals surface area (Å²) in [6.45, 7) is 0.914. The van der Waals surface area contributed by atoms with Gasteiger partial charge in [-0.05, 0) is 31.0 Å². The highest BCUT2D eigenvalue weighted by Crippen LogP contribution is 2.30. The molecule has 0 saturated carbocycles.